The molecule has 122 valence electrons. The second-order valence-electron chi connectivity index (χ2n) is 7.60. The summed E-state index contributed by atoms with van der Waals surface area (Å²) in [6.07, 6.45) is 5.61. The van der Waals surface area contributed by atoms with E-state index < -0.39 is 5.60 Å². The van der Waals surface area contributed by atoms with Gasteiger partial charge in [-0.1, -0.05) is 0 Å². The molecule has 1 saturated heterocycles. The number of nitrogens with one attached hydrogen (secondary N) is 1. The van der Waals surface area contributed by atoms with Crippen molar-refractivity contribution in [2.75, 3.05) is 19.6 Å². The molecule has 0 bridgehead atoms. The fraction of sp³-hybridized carbons (Fsp3) is 0.938. The van der Waals surface area contributed by atoms with Gasteiger partial charge in [0, 0.05) is 25.2 Å². The molecule has 2 rings (SSSR count). The monoisotopic (exact) mass is 297 g/mol. The van der Waals surface area contributed by atoms with Gasteiger partial charge in [-0.25, -0.2) is 4.79 Å². The van der Waals surface area contributed by atoms with Crippen molar-refractivity contribution in [3.8, 4) is 0 Å². The third-order valence-electron chi connectivity index (χ3n) is 4.43. The molecule has 0 aromatic carbocycles. The Morgan fingerprint density at radius 3 is 2.52 bits per heavy atom. The van der Waals surface area contributed by atoms with E-state index in [4.69, 9.17) is 10.5 Å². The van der Waals surface area contributed by atoms with Gasteiger partial charge < -0.3 is 20.7 Å². The quantitative estimate of drug-likeness (QED) is 0.837. The van der Waals surface area contributed by atoms with Gasteiger partial charge in [-0.15, -0.1) is 0 Å². The summed E-state index contributed by atoms with van der Waals surface area (Å²) in [4.78, 5) is 13.8. The van der Waals surface area contributed by atoms with Crippen molar-refractivity contribution in [1.82, 2.24) is 10.2 Å². The zero-order valence-corrected chi connectivity index (χ0v) is 13.7. The van der Waals surface area contributed by atoms with Gasteiger partial charge >= 0.3 is 6.09 Å². The fourth-order valence-corrected chi connectivity index (χ4v) is 3.14. The third-order valence-corrected chi connectivity index (χ3v) is 4.43. The van der Waals surface area contributed by atoms with Gasteiger partial charge in [-0.05, 0) is 65.3 Å². The van der Waals surface area contributed by atoms with E-state index in [9.17, 15) is 4.79 Å². The Morgan fingerprint density at radius 1 is 1.24 bits per heavy atom. The Kier molecular flexibility index (Phi) is 5.49. The zero-order valence-electron chi connectivity index (χ0n) is 13.7. The van der Waals surface area contributed by atoms with Crippen LogP contribution in [0.5, 0.6) is 0 Å². The number of nitrogens with two attached hydrogens (primary N) is 1. The van der Waals surface area contributed by atoms with Gasteiger partial charge in [-0.3, -0.25) is 0 Å². The third kappa shape index (κ3) is 5.47. The van der Waals surface area contributed by atoms with Crippen LogP contribution in [0.4, 0.5) is 4.79 Å². The van der Waals surface area contributed by atoms with Crippen molar-refractivity contribution in [3.63, 3.8) is 0 Å². The fourth-order valence-electron chi connectivity index (χ4n) is 3.14. The first-order valence-electron chi connectivity index (χ1n) is 8.30. The number of nitrogens with zero attached hydrogens (tertiary/aromatic N) is 1. The molecule has 1 aliphatic heterocycles. The second kappa shape index (κ2) is 6.97. The molecule has 1 unspecified atom stereocenters. The average Bonchev–Trinajstić information content (AvgIpc) is 2.85. The molecule has 5 heteroatoms. The number of ether oxygens (including phenoxy) is 1. The number of rotatable bonds is 3. The highest BCUT2D eigenvalue weighted by atomic mass is 16.6. The van der Waals surface area contributed by atoms with Gasteiger partial charge in [-0.2, -0.15) is 0 Å². The average molecular weight is 297 g/mol. The molecule has 1 saturated carbocycles. The summed E-state index contributed by atoms with van der Waals surface area (Å²) in [5, 5.41) is 3.62. The zero-order chi connectivity index (χ0) is 15.5. The molecule has 0 aromatic heterocycles. The van der Waals surface area contributed by atoms with E-state index >= 15 is 0 Å². The largest absolute Gasteiger partial charge is 0.444 e. The summed E-state index contributed by atoms with van der Waals surface area (Å²) in [6.45, 7) is 8.34. The predicted octanol–water partition coefficient (Wildman–Crippen LogP) is 2.10. The normalized spacial score (nSPS) is 30.5. The molecular formula is C16H31N3O2. The van der Waals surface area contributed by atoms with Gasteiger partial charge in [0.15, 0.2) is 0 Å². The van der Waals surface area contributed by atoms with Gasteiger partial charge in [0.1, 0.15) is 5.60 Å². The summed E-state index contributed by atoms with van der Waals surface area (Å²) in [5.74, 6) is 0.750. The Morgan fingerprint density at radius 2 is 1.90 bits per heavy atom. The number of carbonyl (C=O) groups is 1. The molecule has 1 atom stereocenters. The molecule has 2 fully saturated rings. The smallest absolute Gasteiger partial charge is 0.410 e. The highest BCUT2D eigenvalue weighted by Crippen LogP contribution is 2.23. The first-order chi connectivity index (χ1) is 9.83. The van der Waals surface area contributed by atoms with Crippen molar-refractivity contribution < 1.29 is 9.53 Å². The summed E-state index contributed by atoms with van der Waals surface area (Å²) in [7, 11) is 0. The van der Waals surface area contributed by atoms with Crippen molar-refractivity contribution in [1.29, 1.82) is 0 Å². The standard InChI is InChI=1S/C16H31N3O2/c1-16(2,3)21-15(20)19-9-8-14(11-19)18-10-12-4-6-13(17)7-5-12/h12-14,18H,4-11,17H2,1-3H3. The van der Waals surface area contributed by atoms with Crippen LogP contribution < -0.4 is 11.1 Å². The maximum absolute atomic E-state index is 12.0. The Balaban J connectivity index is 1.67. The maximum atomic E-state index is 12.0. The van der Waals surface area contributed by atoms with Crippen LogP contribution in [-0.2, 0) is 4.74 Å². The van der Waals surface area contributed by atoms with Crippen LogP contribution >= 0.6 is 0 Å². The van der Waals surface area contributed by atoms with Crippen LogP contribution in [0.2, 0.25) is 0 Å². The van der Waals surface area contributed by atoms with Crippen molar-refractivity contribution >= 4 is 6.09 Å². The lowest BCUT2D eigenvalue weighted by molar-refractivity contribution is 0.0290. The highest BCUT2D eigenvalue weighted by Gasteiger charge is 2.30. The maximum Gasteiger partial charge on any atom is 0.410 e. The molecule has 0 aromatic rings. The minimum atomic E-state index is -0.413. The van der Waals surface area contributed by atoms with E-state index in [0.29, 0.717) is 12.1 Å². The van der Waals surface area contributed by atoms with Crippen LogP contribution in [0.1, 0.15) is 52.9 Å². The van der Waals surface area contributed by atoms with Crippen LogP contribution in [0, 0.1) is 5.92 Å². The van der Waals surface area contributed by atoms with E-state index in [2.05, 4.69) is 5.32 Å². The van der Waals surface area contributed by atoms with Crippen LogP contribution in [0.25, 0.3) is 0 Å². The predicted molar refractivity (Wildman–Crippen MR) is 84.1 cm³/mol. The van der Waals surface area contributed by atoms with E-state index in [1.807, 2.05) is 25.7 Å². The van der Waals surface area contributed by atoms with Gasteiger partial charge in [0.25, 0.3) is 0 Å². The SMILES string of the molecule is CC(C)(C)OC(=O)N1CCC(NCC2CCC(N)CC2)C1. The number of amides is 1. The number of likely N-dealkylation sites (tertiary alicyclic amines) is 1. The number of hydrogen-bond acceptors (Lipinski definition) is 4. The van der Waals surface area contributed by atoms with E-state index in [0.717, 1.165) is 44.8 Å². The van der Waals surface area contributed by atoms with E-state index in [1.54, 1.807) is 0 Å². The van der Waals surface area contributed by atoms with E-state index in [-0.39, 0.29) is 6.09 Å². The molecule has 1 aliphatic carbocycles. The molecule has 21 heavy (non-hydrogen) atoms. The molecule has 1 heterocycles. The Labute approximate surface area is 128 Å². The lowest BCUT2D eigenvalue weighted by Gasteiger charge is -2.27. The van der Waals surface area contributed by atoms with Gasteiger partial charge in [0.2, 0.25) is 0 Å². The Bertz CT molecular complexity index is 346. The minimum absolute atomic E-state index is 0.185. The molecule has 5 nitrogen and oxygen atoms in total. The molecule has 0 spiro atoms. The molecule has 3 N–H and O–H groups in total. The Hall–Kier alpha value is -0.810. The summed E-state index contributed by atoms with van der Waals surface area (Å²) in [6, 6.07) is 0.823. The molecule has 2 aliphatic rings. The molecule has 1 amide bonds. The lowest BCUT2D eigenvalue weighted by Crippen LogP contribution is -2.40. The summed E-state index contributed by atoms with van der Waals surface area (Å²) >= 11 is 0. The van der Waals surface area contributed by atoms with Crippen molar-refractivity contribution in [3.05, 3.63) is 0 Å². The first-order valence-corrected chi connectivity index (χ1v) is 8.30. The first kappa shape index (κ1) is 16.6. The van der Waals surface area contributed by atoms with Crippen molar-refractivity contribution in [2.45, 2.75) is 70.6 Å². The molecular weight excluding hydrogens is 266 g/mol. The van der Waals surface area contributed by atoms with Crippen molar-refractivity contribution in [2.24, 2.45) is 11.7 Å². The summed E-state index contributed by atoms with van der Waals surface area (Å²) in [5.41, 5.74) is 5.53. The second-order valence-corrected chi connectivity index (χ2v) is 7.60. The topological polar surface area (TPSA) is 67.6 Å². The van der Waals surface area contributed by atoms with Gasteiger partial charge in [0.05, 0.1) is 0 Å². The van der Waals surface area contributed by atoms with Crippen LogP contribution in [0.15, 0.2) is 0 Å². The number of hydrogen-bond donors (Lipinski definition) is 2. The number of carbonyl (C=O) groups excluding carboxylic acids is 1. The lowest BCUT2D eigenvalue weighted by atomic mass is 9.86. The highest BCUT2D eigenvalue weighted by molar-refractivity contribution is 5.68. The minimum Gasteiger partial charge on any atom is -0.444 e. The summed E-state index contributed by atoms with van der Waals surface area (Å²) < 4.78 is 5.42. The van der Waals surface area contributed by atoms with E-state index in [1.165, 1.54) is 12.8 Å². The van der Waals surface area contributed by atoms with Crippen LogP contribution in [0.3, 0.4) is 0 Å². The van der Waals surface area contributed by atoms with Crippen LogP contribution in [-0.4, -0.2) is 48.3 Å². The molecule has 0 radical (unpaired) electrons.